The van der Waals surface area contributed by atoms with Crippen LogP contribution in [0, 0.1) is 0 Å². The molecule has 0 atom stereocenters. The van der Waals surface area contributed by atoms with Crippen molar-refractivity contribution in [2.45, 2.75) is 37.8 Å². The van der Waals surface area contributed by atoms with E-state index in [1.54, 1.807) is 24.3 Å². The van der Waals surface area contributed by atoms with Crippen LogP contribution in [0.5, 0.6) is 0 Å². The van der Waals surface area contributed by atoms with E-state index in [1.807, 2.05) is 16.4 Å². The Balaban J connectivity index is 1.97. The molecule has 2 heterocycles. The van der Waals surface area contributed by atoms with Crippen molar-refractivity contribution in [1.29, 1.82) is 0 Å². The smallest absolute Gasteiger partial charge is 0.256 e. The average Bonchev–Trinajstić information content (AvgIpc) is 3.00. The number of nitrogens with zero attached hydrogens (tertiary/aromatic N) is 2. The number of aromatic nitrogens is 2. The molecule has 6 heteroatoms. The van der Waals surface area contributed by atoms with Gasteiger partial charge in [-0.15, -0.1) is 0 Å². The number of halogens is 1. The van der Waals surface area contributed by atoms with Gasteiger partial charge in [-0.2, -0.15) is 16.9 Å². The van der Waals surface area contributed by atoms with Crippen LogP contribution in [0.15, 0.2) is 24.3 Å². The highest BCUT2D eigenvalue weighted by Crippen LogP contribution is 2.37. The summed E-state index contributed by atoms with van der Waals surface area (Å²) in [5, 5.41) is 8.27. The molecule has 0 fully saturated rings. The third-order valence-corrected chi connectivity index (χ3v) is 4.71. The Hall–Kier alpha value is -1.46. The number of hydrogen-bond donors (Lipinski definition) is 1. The van der Waals surface area contributed by atoms with Gasteiger partial charge in [0, 0.05) is 27.7 Å². The van der Waals surface area contributed by atoms with Crippen LogP contribution in [0.1, 0.15) is 42.4 Å². The Kier molecular flexibility index (Phi) is 3.95. The quantitative estimate of drug-likeness (QED) is 0.890. The topological polar surface area (TPSA) is 46.9 Å². The second-order valence-corrected chi connectivity index (χ2v) is 7.74. The lowest BCUT2D eigenvalue weighted by molar-refractivity contribution is 0.102. The van der Waals surface area contributed by atoms with Crippen LogP contribution in [0.25, 0.3) is 0 Å². The van der Waals surface area contributed by atoms with Crippen LogP contribution in [0.2, 0.25) is 5.02 Å². The first-order valence-electron chi connectivity index (χ1n) is 7.12. The normalized spacial score (nSPS) is 14.0. The first-order chi connectivity index (χ1) is 10.4. The van der Waals surface area contributed by atoms with Gasteiger partial charge in [-0.25, -0.2) is 4.68 Å². The minimum Gasteiger partial charge on any atom is -0.306 e. The lowest BCUT2D eigenvalue weighted by Crippen LogP contribution is -2.27. The Bertz CT molecular complexity index is 733. The molecule has 1 aliphatic heterocycles. The Morgan fingerprint density at radius 3 is 2.82 bits per heavy atom. The third kappa shape index (κ3) is 2.88. The maximum atomic E-state index is 12.5. The highest BCUT2D eigenvalue weighted by atomic mass is 35.5. The molecule has 1 aromatic carbocycles. The Morgan fingerprint density at radius 2 is 2.14 bits per heavy atom. The summed E-state index contributed by atoms with van der Waals surface area (Å²) in [6.07, 6.45) is 0. The van der Waals surface area contributed by atoms with Gasteiger partial charge >= 0.3 is 0 Å². The molecule has 0 saturated carbocycles. The van der Waals surface area contributed by atoms with E-state index in [0.717, 1.165) is 28.6 Å². The number of hydrogen-bond acceptors (Lipinski definition) is 3. The number of benzene rings is 1. The second-order valence-electron chi connectivity index (χ2n) is 6.31. The van der Waals surface area contributed by atoms with Gasteiger partial charge in [0.05, 0.1) is 11.2 Å². The van der Waals surface area contributed by atoms with Gasteiger partial charge < -0.3 is 5.32 Å². The van der Waals surface area contributed by atoms with Gasteiger partial charge in [-0.05, 0) is 39.0 Å². The standard InChI is InChI=1S/C16H18ClN3OS/c1-16(2,3)20-14(12-8-22-9-13(12)19-20)18-15(21)10-5-4-6-11(17)7-10/h4-7H,8-9H2,1-3H3,(H,18,21). The molecule has 1 aliphatic rings. The summed E-state index contributed by atoms with van der Waals surface area (Å²) in [5.41, 5.74) is 2.57. The van der Waals surface area contributed by atoms with Crippen molar-refractivity contribution in [1.82, 2.24) is 9.78 Å². The zero-order valence-electron chi connectivity index (χ0n) is 12.8. The molecule has 0 radical (unpaired) electrons. The van der Waals surface area contributed by atoms with Crippen molar-refractivity contribution in [2.75, 3.05) is 5.32 Å². The lowest BCUT2D eigenvalue weighted by Gasteiger charge is -2.23. The predicted molar refractivity (Wildman–Crippen MR) is 91.6 cm³/mol. The van der Waals surface area contributed by atoms with E-state index in [9.17, 15) is 4.79 Å². The number of carbonyl (C=O) groups is 1. The summed E-state index contributed by atoms with van der Waals surface area (Å²) in [5.74, 6) is 2.43. The minimum atomic E-state index is -0.189. The molecule has 0 unspecified atom stereocenters. The first-order valence-corrected chi connectivity index (χ1v) is 8.65. The van der Waals surface area contributed by atoms with Crippen molar-refractivity contribution in [3.8, 4) is 0 Å². The zero-order valence-corrected chi connectivity index (χ0v) is 14.4. The molecule has 0 saturated heterocycles. The second kappa shape index (κ2) is 5.63. The van der Waals surface area contributed by atoms with Crippen molar-refractivity contribution in [3.63, 3.8) is 0 Å². The van der Waals surface area contributed by atoms with Crippen molar-refractivity contribution in [2.24, 2.45) is 0 Å². The number of rotatable bonds is 2. The number of carbonyl (C=O) groups excluding carboxylic acids is 1. The highest BCUT2D eigenvalue weighted by Gasteiger charge is 2.28. The fourth-order valence-electron chi connectivity index (χ4n) is 2.44. The molecule has 1 aromatic heterocycles. The summed E-state index contributed by atoms with van der Waals surface area (Å²) < 4.78 is 1.92. The number of nitrogens with one attached hydrogen (secondary N) is 1. The van der Waals surface area contributed by atoms with E-state index in [4.69, 9.17) is 11.6 Å². The number of thioether (sulfide) groups is 1. The van der Waals surface area contributed by atoms with Crippen LogP contribution >= 0.6 is 23.4 Å². The van der Waals surface area contributed by atoms with Gasteiger partial charge in [0.1, 0.15) is 5.82 Å². The molecular formula is C16H18ClN3OS. The third-order valence-electron chi connectivity index (χ3n) is 3.51. The van der Waals surface area contributed by atoms with Gasteiger partial charge in [-0.3, -0.25) is 4.79 Å². The van der Waals surface area contributed by atoms with Crippen LogP contribution in [-0.2, 0) is 17.0 Å². The molecule has 0 aliphatic carbocycles. The van der Waals surface area contributed by atoms with E-state index in [1.165, 1.54) is 0 Å². The largest absolute Gasteiger partial charge is 0.306 e. The minimum absolute atomic E-state index is 0.160. The predicted octanol–water partition coefficient (Wildman–Crippen LogP) is 4.29. The monoisotopic (exact) mass is 335 g/mol. The van der Waals surface area contributed by atoms with Gasteiger partial charge in [0.15, 0.2) is 0 Å². The summed E-state index contributed by atoms with van der Waals surface area (Å²) in [6, 6.07) is 6.96. The van der Waals surface area contributed by atoms with Crippen molar-refractivity contribution < 1.29 is 4.79 Å². The molecule has 2 aromatic rings. The lowest BCUT2D eigenvalue weighted by atomic mass is 10.1. The molecule has 1 N–H and O–H groups in total. The fourth-order valence-corrected chi connectivity index (χ4v) is 3.66. The van der Waals surface area contributed by atoms with E-state index in [-0.39, 0.29) is 11.4 Å². The Morgan fingerprint density at radius 1 is 1.36 bits per heavy atom. The number of amides is 1. The molecular weight excluding hydrogens is 318 g/mol. The SMILES string of the molecule is CC(C)(C)n1nc2c(c1NC(=O)c1cccc(Cl)c1)CSC2. The van der Waals surface area contributed by atoms with Crippen molar-refractivity contribution >= 4 is 35.1 Å². The molecule has 4 nitrogen and oxygen atoms in total. The first kappa shape index (κ1) is 15.4. The summed E-state index contributed by atoms with van der Waals surface area (Å²) in [4.78, 5) is 12.5. The van der Waals surface area contributed by atoms with Crippen LogP contribution in [0.4, 0.5) is 5.82 Å². The number of fused-ring (bicyclic) bond motifs is 1. The van der Waals surface area contributed by atoms with E-state index in [0.29, 0.717) is 10.6 Å². The number of anilines is 1. The van der Waals surface area contributed by atoms with Gasteiger partial charge in [0.2, 0.25) is 0 Å². The molecule has 0 bridgehead atoms. The fraction of sp³-hybridized carbons (Fsp3) is 0.375. The van der Waals surface area contributed by atoms with E-state index in [2.05, 4.69) is 31.2 Å². The van der Waals surface area contributed by atoms with Crippen LogP contribution < -0.4 is 5.32 Å². The summed E-state index contributed by atoms with van der Waals surface area (Å²) in [7, 11) is 0. The molecule has 3 rings (SSSR count). The van der Waals surface area contributed by atoms with E-state index < -0.39 is 0 Å². The van der Waals surface area contributed by atoms with Crippen LogP contribution in [0.3, 0.4) is 0 Å². The Labute approximate surface area is 139 Å². The summed E-state index contributed by atoms with van der Waals surface area (Å²) >= 11 is 7.79. The van der Waals surface area contributed by atoms with Crippen LogP contribution in [-0.4, -0.2) is 15.7 Å². The summed E-state index contributed by atoms with van der Waals surface area (Å²) in [6.45, 7) is 6.24. The van der Waals surface area contributed by atoms with Crippen molar-refractivity contribution in [3.05, 3.63) is 46.1 Å². The molecule has 0 spiro atoms. The average molecular weight is 336 g/mol. The maximum absolute atomic E-state index is 12.5. The molecule has 1 amide bonds. The highest BCUT2D eigenvalue weighted by molar-refractivity contribution is 7.98. The molecule has 22 heavy (non-hydrogen) atoms. The maximum Gasteiger partial charge on any atom is 0.256 e. The van der Waals surface area contributed by atoms with Gasteiger partial charge in [0.25, 0.3) is 5.91 Å². The molecule has 116 valence electrons. The van der Waals surface area contributed by atoms with Gasteiger partial charge in [-0.1, -0.05) is 17.7 Å². The zero-order chi connectivity index (χ0) is 15.9. The van der Waals surface area contributed by atoms with E-state index >= 15 is 0 Å².